The standard InChI is InChI=1S/C26H22FN7O/c27-18-1-3-19(4-2-18)31-26(35)34-11-8-16(9-12-34)24-14-21-23(7-10-28-25(21)32-24)30-20-5-6-22-17(13-20)15-29-33-22/h1-8,10,13-15H,9,11-12H2,(H,29,33)(H,31,35)(H2,28,30,32). The average molecular weight is 468 g/mol. The number of hydrogen-bond acceptors (Lipinski definition) is 4. The van der Waals surface area contributed by atoms with E-state index in [-0.39, 0.29) is 11.8 Å². The number of nitrogens with one attached hydrogen (secondary N) is 4. The normalized spacial score (nSPS) is 13.7. The van der Waals surface area contributed by atoms with Crippen LogP contribution in [0.2, 0.25) is 0 Å². The van der Waals surface area contributed by atoms with Gasteiger partial charge in [-0.2, -0.15) is 5.10 Å². The van der Waals surface area contributed by atoms with Gasteiger partial charge in [-0.15, -0.1) is 0 Å². The highest BCUT2D eigenvalue weighted by Crippen LogP contribution is 2.31. The third-order valence-electron chi connectivity index (χ3n) is 6.19. The van der Waals surface area contributed by atoms with Crippen LogP contribution in [0.4, 0.5) is 26.2 Å². The lowest BCUT2D eigenvalue weighted by molar-refractivity contribution is 0.217. The molecule has 1 aliphatic heterocycles. The first-order valence-electron chi connectivity index (χ1n) is 11.3. The molecule has 0 fully saturated rings. The van der Waals surface area contributed by atoms with E-state index in [4.69, 9.17) is 0 Å². The van der Waals surface area contributed by atoms with Crippen molar-refractivity contribution >= 4 is 50.6 Å². The second kappa shape index (κ2) is 8.60. The fourth-order valence-electron chi connectivity index (χ4n) is 4.32. The van der Waals surface area contributed by atoms with Gasteiger partial charge in [0.15, 0.2) is 0 Å². The summed E-state index contributed by atoms with van der Waals surface area (Å²) in [6.45, 7) is 1.07. The molecule has 0 spiro atoms. The summed E-state index contributed by atoms with van der Waals surface area (Å²) in [6.07, 6.45) is 6.34. The molecule has 8 nitrogen and oxygen atoms in total. The van der Waals surface area contributed by atoms with Crippen LogP contribution in [0.5, 0.6) is 0 Å². The zero-order valence-corrected chi connectivity index (χ0v) is 18.7. The molecule has 0 atom stereocenters. The molecule has 6 rings (SSSR count). The first-order valence-corrected chi connectivity index (χ1v) is 11.3. The van der Waals surface area contributed by atoms with Crippen molar-refractivity contribution in [2.75, 3.05) is 23.7 Å². The van der Waals surface area contributed by atoms with Crippen molar-refractivity contribution in [1.82, 2.24) is 25.1 Å². The molecule has 9 heteroatoms. The molecule has 2 aromatic carbocycles. The minimum absolute atomic E-state index is 0.203. The van der Waals surface area contributed by atoms with Gasteiger partial charge in [-0.3, -0.25) is 5.10 Å². The number of fused-ring (bicyclic) bond motifs is 2. The highest BCUT2D eigenvalue weighted by Gasteiger charge is 2.19. The van der Waals surface area contributed by atoms with Gasteiger partial charge in [0.05, 0.1) is 17.4 Å². The van der Waals surface area contributed by atoms with Crippen LogP contribution < -0.4 is 10.6 Å². The van der Waals surface area contributed by atoms with Crippen LogP contribution in [0, 0.1) is 5.82 Å². The molecule has 0 radical (unpaired) electrons. The molecule has 0 saturated heterocycles. The molecular weight excluding hydrogens is 445 g/mol. The molecule has 0 bridgehead atoms. The minimum atomic E-state index is -0.334. The van der Waals surface area contributed by atoms with Crippen LogP contribution in [0.25, 0.3) is 27.5 Å². The van der Waals surface area contributed by atoms with Crippen molar-refractivity contribution in [1.29, 1.82) is 0 Å². The predicted octanol–water partition coefficient (Wildman–Crippen LogP) is 5.64. The van der Waals surface area contributed by atoms with Crippen LogP contribution >= 0.6 is 0 Å². The maximum absolute atomic E-state index is 13.1. The highest BCUT2D eigenvalue weighted by atomic mass is 19.1. The number of H-pyrrole nitrogens is 2. The Labute approximate surface area is 199 Å². The third-order valence-corrected chi connectivity index (χ3v) is 6.19. The largest absolute Gasteiger partial charge is 0.355 e. The summed E-state index contributed by atoms with van der Waals surface area (Å²) in [5.41, 5.74) is 6.41. The van der Waals surface area contributed by atoms with E-state index >= 15 is 0 Å². The van der Waals surface area contributed by atoms with Crippen LogP contribution in [0.1, 0.15) is 12.1 Å². The summed E-state index contributed by atoms with van der Waals surface area (Å²) in [5, 5.41) is 15.4. The van der Waals surface area contributed by atoms with Gasteiger partial charge < -0.3 is 20.5 Å². The first-order chi connectivity index (χ1) is 17.1. The van der Waals surface area contributed by atoms with E-state index in [9.17, 15) is 9.18 Å². The van der Waals surface area contributed by atoms with Crippen molar-refractivity contribution in [2.24, 2.45) is 0 Å². The van der Waals surface area contributed by atoms with Gasteiger partial charge >= 0.3 is 6.03 Å². The zero-order valence-electron chi connectivity index (χ0n) is 18.7. The van der Waals surface area contributed by atoms with E-state index in [0.29, 0.717) is 25.2 Å². The first kappa shape index (κ1) is 20.9. The fourth-order valence-corrected chi connectivity index (χ4v) is 4.32. The topological polar surface area (TPSA) is 102 Å². The Morgan fingerprint density at radius 3 is 2.74 bits per heavy atom. The number of pyridine rings is 1. The lowest BCUT2D eigenvalue weighted by Crippen LogP contribution is -2.37. The summed E-state index contributed by atoms with van der Waals surface area (Å²) >= 11 is 0. The molecule has 0 unspecified atom stereocenters. The van der Waals surface area contributed by atoms with Crippen LogP contribution in [0.15, 0.2) is 73.1 Å². The molecule has 0 aliphatic carbocycles. The molecule has 2 amide bonds. The van der Waals surface area contributed by atoms with Crippen LogP contribution in [0.3, 0.4) is 0 Å². The molecular formula is C26H22FN7O. The molecule has 4 heterocycles. The Hall–Kier alpha value is -4.66. The quantitative estimate of drug-likeness (QED) is 0.275. The maximum atomic E-state index is 13.1. The molecule has 0 saturated carbocycles. The SMILES string of the molecule is O=C(Nc1ccc(F)cc1)N1CC=C(c2cc3c(Nc4ccc5[nH]ncc5c4)ccnc3[nH]2)CC1. The summed E-state index contributed by atoms with van der Waals surface area (Å²) in [4.78, 5) is 22.2. The van der Waals surface area contributed by atoms with Gasteiger partial charge in [0.1, 0.15) is 11.5 Å². The summed E-state index contributed by atoms with van der Waals surface area (Å²) in [7, 11) is 0. The van der Waals surface area contributed by atoms with Gasteiger partial charge in [-0.05, 0) is 66.6 Å². The van der Waals surface area contributed by atoms with Crippen molar-refractivity contribution in [3.05, 3.63) is 84.6 Å². The van der Waals surface area contributed by atoms with E-state index < -0.39 is 0 Å². The molecule has 1 aliphatic rings. The number of halogens is 1. The summed E-state index contributed by atoms with van der Waals surface area (Å²) < 4.78 is 13.1. The number of aromatic nitrogens is 4. The third kappa shape index (κ3) is 4.19. The predicted molar refractivity (Wildman–Crippen MR) is 135 cm³/mol. The van der Waals surface area contributed by atoms with E-state index in [1.165, 1.54) is 12.1 Å². The second-order valence-electron chi connectivity index (χ2n) is 8.46. The van der Waals surface area contributed by atoms with Gasteiger partial charge in [0.25, 0.3) is 0 Å². The molecule has 5 aromatic rings. The number of amides is 2. The maximum Gasteiger partial charge on any atom is 0.322 e. The lowest BCUT2D eigenvalue weighted by Gasteiger charge is -2.26. The number of carbonyl (C=O) groups excluding carboxylic acids is 1. The number of nitrogens with zero attached hydrogens (tertiary/aromatic N) is 3. The molecule has 174 valence electrons. The number of hydrogen-bond donors (Lipinski definition) is 4. The Balaban J connectivity index is 1.19. The van der Waals surface area contributed by atoms with Gasteiger partial charge in [-0.25, -0.2) is 14.2 Å². The zero-order chi connectivity index (χ0) is 23.8. The Kier molecular flexibility index (Phi) is 5.14. The smallest absolute Gasteiger partial charge is 0.322 e. The second-order valence-corrected chi connectivity index (χ2v) is 8.46. The van der Waals surface area contributed by atoms with E-state index in [1.807, 2.05) is 24.3 Å². The number of benzene rings is 2. The Bertz CT molecular complexity index is 1570. The van der Waals surface area contributed by atoms with Gasteiger partial charge in [-0.1, -0.05) is 6.08 Å². The van der Waals surface area contributed by atoms with Gasteiger partial charge in [0.2, 0.25) is 0 Å². The average Bonchev–Trinajstić information content (AvgIpc) is 3.53. The van der Waals surface area contributed by atoms with E-state index in [1.54, 1.807) is 29.4 Å². The monoisotopic (exact) mass is 467 g/mol. The van der Waals surface area contributed by atoms with Crippen molar-refractivity contribution < 1.29 is 9.18 Å². The van der Waals surface area contributed by atoms with Crippen LogP contribution in [-0.2, 0) is 0 Å². The Morgan fingerprint density at radius 1 is 1.06 bits per heavy atom. The summed E-state index contributed by atoms with van der Waals surface area (Å²) in [5.74, 6) is -0.334. The Morgan fingerprint density at radius 2 is 1.91 bits per heavy atom. The van der Waals surface area contributed by atoms with E-state index in [2.05, 4.69) is 42.9 Å². The molecule has 35 heavy (non-hydrogen) atoms. The molecule has 3 aromatic heterocycles. The highest BCUT2D eigenvalue weighted by molar-refractivity contribution is 5.95. The summed E-state index contributed by atoms with van der Waals surface area (Å²) in [6, 6.07) is 15.7. The number of rotatable bonds is 4. The van der Waals surface area contributed by atoms with Crippen LogP contribution in [-0.4, -0.2) is 44.2 Å². The molecule has 4 N–H and O–H groups in total. The minimum Gasteiger partial charge on any atom is -0.355 e. The number of aromatic amines is 2. The fraction of sp³-hybridized carbons (Fsp3) is 0.115. The number of anilines is 3. The van der Waals surface area contributed by atoms with Gasteiger partial charge in [0, 0.05) is 47.1 Å². The van der Waals surface area contributed by atoms with Crippen molar-refractivity contribution in [3.8, 4) is 0 Å². The lowest BCUT2D eigenvalue weighted by atomic mass is 10.0. The number of urea groups is 1. The van der Waals surface area contributed by atoms with E-state index in [0.717, 1.165) is 44.6 Å². The van der Waals surface area contributed by atoms with Crippen molar-refractivity contribution in [3.63, 3.8) is 0 Å². The van der Waals surface area contributed by atoms with Crippen molar-refractivity contribution in [2.45, 2.75) is 6.42 Å². The number of carbonyl (C=O) groups is 1.